The number of sulfonamides is 1. The van der Waals surface area contributed by atoms with E-state index in [0.29, 0.717) is 18.0 Å². The Morgan fingerprint density at radius 3 is 2.80 bits per heavy atom. The van der Waals surface area contributed by atoms with Crippen LogP contribution in [0.3, 0.4) is 0 Å². The molecule has 1 aliphatic heterocycles. The molecule has 0 spiro atoms. The van der Waals surface area contributed by atoms with E-state index in [2.05, 4.69) is 10.0 Å². The van der Waals surface area contributed by atoms with Crippen molar-refractivity contribution in [2.75, 3.05) is 19.1 Å². The van der Waals surface area contributed by atoms with E-state index in [1.165, 1.54) is 6.92 Å². The molecule has 0 atom stereocenters. The average Bonchev–Trinajstić information content (AvgIpc) is 2.90. The molecule has 1 heterocycles. The number of ether oxygens (including phenoxy) is 2. The van der Waals surface area contributed by atoms with Crippen LogP contribution < -0.4 is 19.5 Å². The summed E-state index contributed by atoms with van der Waals surface area (Å²) in [4.78, 5) is 11.5. The maximum Gasteiger partial charge on any atom is 0.235 e. The molecular formula is C12H16N2O5S. The summed E-state index contributed by atoms with van der Waals surface area (Å²) in [5.74, 6) is 0.876. The maximum atomic E-state index is 11.5. The van der Waals surface area contributed by atoms with Gasteiger partial charge in [0.2, 0.25) is 22.7 Å². The summed E-state index contributed by atoms with van der Waals surface area (Å²) in [6.07, 6.45) is 0. The molecule has 7 nitrogen and oxygen atoms in total. The average molecular weight is 300 g/mol. The van der Waals surface area contributed by atoms with Crippen molar-refractivity contribution in [1.29, 1.82) is 0 Å². The second-order valence-corrected chi connectivity index (χ2v) is 6.28. The fraction of sp³-hybridized carbons (Fsp3) is 0.417. The highest BCUT2D eigenvalue weighted by molar-refractivity contribution is 7.89. The highest BCUT2D eigenvalue weighted by atomic mass is 32.2. The number of carbonyl (C=O) groups is 1. The summed E-state index contributed by atoms with van der Waals surface area (Å²) in [6, 6.07) is 5.35. The van der Waals surface area contributed by atoms with Crippen molar-refractivity contribution in [2.24, 2.45) is 0 Å². The lowest BCUT2D eigenvalue weighted by Crippen LogP contribution is -2.37. The van der Waals surface area contributed by atoms with Gasteiger partial charge in [0.25, 0.3) is 0 Å². The monoisotopic (exact) mass is 300 g/mol. The van der Waals surface area contributed by atoms with Gasteiger partial charge in [-0.15, -0.1) is 0 Å². The summed E-state index contributed by atoms with van der Waals surface area (Å²) in [5, 5.41) is 2.62. The Hall–Kier alpha value is -1.80. The van der Waals surface area contributed by atoms with E-state index in [4.69, 9.17) is 9.47 Å². The molecule has 1 aliphatic rings. The lowest BCUT2D eigenvalue weighted by molar-refractivity contribution is -0.120. The molecule has 2 rings (SSSR count). The second kappa shape index (κ2) is 6.10. The van der Waals surface area contributed by atoms with E-state index in [9.17, 15) is 13.2 Å². The van der Waals surface area contributed by atoms with Gasteiger partial charge in [0, 0.05) is 6.54 Å². The Labute approximate surface area is 117 Å². The molecule has 0 saturated carbocycles. The van der Waals surface area contributed by atoms with Gasteiger partial charge in [0.15, 0.2) is 11.5 Å². The van der Waals surface area contributed by atoms with Crippen LogP contribution in [0.1, 0.15) is 12.5 Å². The first-order chi connectivity index (χ1) is 9.50. The van der Waals surface area contributed by atoms with Crippen molar-refractivity contribution >= 4 is 15.9 Å². The zero-order valence-corrected chi connectivity index (χ0v) is 11.8. The van der Waals surface area contributed by atoms with Gasteiger partial charge < -0.3 is 14.8 Å². The number of fused-ring (bicyclic) bond motifs is 1. The Bertz CT molecular complexity index is 600. The van der Waals surface area contributed by atoms with E-state index >= 15 is 0 Å². The van der Waals surface area contributed by atoms with Gasteiger partial charge in [-0.25, -0.2) is 13.1 Å². The standard InChI is InChI=1S/C12H16N2O5S/c1-2-20(16,17)14-7-12(15)13-6-9-3-4-10-11(5-9)19-8-18-10/h3-5,14H,2,6-8H2,1H3,(H,13,15). The van der Waals surface area contributed by atoms with Gasteiger partial charge in [-0.2, -0.15) is 0 Å². The number of amides is 1. The molecule has 1 aromatic carbocycles. The zero-order chi connectivity index (χ0) is 14.6. The topological polar surface area (TPSA) is 93.7 Å². The SMILES string of the molecule is CCS(=O)(=O)NCC(=O)NCc1ccc2c(c1)OCO2. The third-order valence-corrected chi connectivity index (χ3v) is 4.10. The molecule has 0 saturated heterocycles. The normalized spacial score (nSPS) is 13.2. The number of rotatable bonds is 6. The first-order valence-electron chi connectivity index (χ1n) is 6.13. The Morgan fingerprint density at radius 1 is 1.30 bits per heavy atom. The third-order valence-electron chi connectivity index (χ3n) is 2.76. The van der Waals surface area contributed by atoms with Gasteiger partial charge in [-0.3, -0.25) is 4.79 Å². The van der Waals surface area contributed by atoms with Crippen LogP contribution in [0, 0.1) is 0 Å². The lowest BCUT2D eigenvalue weighted by Gasteiger charge is -2.07. The molecule has 0 aromatic heterocycles. The van der Waals surface area contributed by atoms with Crippen LogP contribution in [-0.4, -0.2) is 33.4 Å². The summed E-state index contributed by atoms with van der Waals surface area (Å²) >= 11 is 0. The molecule has 2 N–H and O–H groups in total. The van der Waals surface area contributed by atoms with Crippen molar-refractivity contribution < 1.29 is 22.7 Å². The van der Waals surface area contributed by atoms with Gasteiger partial charge in [-0.05, 0) is 24.6 Å². The van der Waals surface area contributed by atoms with E-state index in [1.54, 1.807) is 12.1 Å². The molecule has 110 valence electrons. The van der Waals surface area contributed by atoms with Crippen molar-refractivity contribution in [3.63, 3.8) is 0 Å². The Balaban J connectivity index is 1.82. The number of hydrogen-bond acceptors (Lipinski definition) is 5. The van der Waals surface area contributed by atoms with Gasteiger partial charge in [0.1, 0.15) is 0 Å². The molecular weight excluding hydrogens is 284 g/mol. The summed E-state index contributed by atoms with van der Waals surface area (Å²) in [7, 11) is -3.35. The van der Waals surface area contributed by atoms with Crippen LogP contribution in [0.4, 0.5) is 0 Å². The lowest BCUT2D eigenvalue weighted by atomic mass is 10.2. The quantitative estimate of drug-likeness (QED) is 0.769. The number of benzene rings is 1. The molecule has 0 bridgehead atoms. The van der Waals surface area contributed by atoms with Crippen LogP contribution in [0.25, 0.3) is 0 Å². The van der Waals surface area contributed by atoms with Crippen molar-refractivity contribution in [2.45, 2.75) is 13.5 Å². The van der Waals surface area contributed by atoms with E-state index in [-0.39, 0.29) is 25.0 Å². The zero-order valence-electron chi connectivity index (χ0n) is 11.0. The number of carbonyl (C=O) groups excluding carboxylic acids is 1. The van der Waals surface area contributed by atoms with Crippen molar-refractivity contribution in [3.05, 3.63) is 23.8 Å². The van der Waals surface area contributed by atoms with Crippen LogP contribution >= 0.6 is 0 Å². The number of nitrogens with one attached hydrogen (secondary N) is 2. The predicted octanol–water partition coefficient (Wildman–Crippen LogP) is -0.0292. The van der Waals surface area contributed by atoms with Crippen LogP contribution in [0.2, 0.25) is 0 Å². The van der Waals surface area contributed by atoms with Gasteiger partial charge in [0.05, 0.1) is 12.3 Å². The minimum atomic E-state index is -3.35. The second-order valence-electron chi connectivity index (χ2n) is 4.19. The molecule has 20 heavy (non-hydrogen) atoms. The minimum absolute atomic E-state index is 0.0531. The number of hydrogen-bond donors (Lipinski definition) is 2. The third kappa shape index (κ3) is 3.84. The minimum Gasteiger partial charge on any atom is -0.454 e. The van der Waals surface area contributed by atoms with E-state index in [0.717, 1.165) is 5.56 Å². The van der Waals surface area contributed by atoms with Gasteiger partial charge in [-0.1, -0.05) is 6.07 Å². The molecule has 0 fully saturated rings. The fourth-order valence-corrected chi connectivity index (χ4v) is 2.15. The van der Waals surface area contributed by atoms with Crippen molar-refractivity contribution in [3.8, 4) is 11.5 Å². The van der Waals surface area contributed by atoms with Gasteiger partial charge >= 0.3 is 0 Å². The smallest absolute Gasteiger partial charge is 0.235 e. The maximum absolute atomic E-state index is 11.5. The highest BCUT2D eigenvalue weighted by Crippen LogP contribution is 2.32. The van der Waals surface area contributed by atoms with Crippen LogP contribution in [0.5, 0.6) is 11.5 Å². The van der Waals surface area contributed by atoms with Crippen LogP contribution in [-0.2, 0) is 21.4 Å². The Morgan fingerprint density at radius 2 is 2.05 bits per heavy atom. The molecule has 0 aliphatic carbocycles. The highest BCUT2D eigenvalue weighted by Gasteiger charge is 2.14. The molecule has 1 aromatic rings. The summed E-state index contributed by atoms with van der Waals surface area (Å²) in [5.41, 5.74) is 0.848. The van der Waals surface area contributed by atoms with Crippen LogP contribution in [0.15, 0.2) is 18.2 Å². The summed E-state index contributed by atoms with van der Waals surface area (Å²) in [6.45, 7) is 1.74. The first kappa shape index (κ1) is 14.6. The first-order valence-corrected chi connectivity index (χ1v) is 7.78. The molecule has 0 unspecified atom stereocenters. The van der Waals surface area contributed by atoms with E-state index in [1.807, 2.05) is 6.07 Å². The Kier molecular flexibility index (Phi) is 4.46. The molecule has 1 amide bonds. The fourth-order valence-electron chi connectivity index (χ4n) is 1.59. The molecule has 8 heteroatoms. The largest absolute Gasteiger partial charge is 0.454 e. The predicted molar refractivity (Wildman–Crippen MR) is 71.9 cm³/mol. The van der Waals surface area contributed by atoms with Crippen molar-refractivity contribution in [1.82, 2.24) is 10.0 Å². The molecule has 0 radical (unpaired) electrons. The van der Waals surface area contributed by atoms with E-state index < -0.39 is 10.0 Å². The summed E-state index contributed by atoms with van der Waals surface area (Å²) < 4.78 is 35.0.